The Morgan fingerprint density at radius 1 is 1.50 bits per heavy atom. The molecule has 0 radical (unpaired) electrons. The van der Waals surface area contributed by atoms with Gasteiger partial charge in [0.2, 0.25) is 0 Å². The Balaban J connectivity index is 2.07. The third-order valence-electron chi connectivity index (χ3n) is 3.29. The quantitative estimate of drug-likeness (QED) is 0.385. The van der Waals surface area contributed by atoms with Gasteiger partial charge >= 0.3 is 0 Å². The smallest absolute Gasteiger partial charge is 0.0354 e. The highest BCUT2D eigenvalue weighted by Gasteiger charge is 2.23. The second kappa shape index (κ2) is 4.58. The van der Waals surface area contributed by atoms with Crippen LogP contribution in [0.2, 0.25) is 0 Å². The second-order valence-corrected chi connectivity index (χ2v) is 4.78. The van der Waals surface area contributed by atoms with Crippen molar-refractivity contribution in [3.05, 3.63) is 45.9 Å². The van der Waals surface area contributed by atoms with E-state index in [0.717, 1.165) is 12.8 Å². The Morgan fingerprint density at radius 2 is 2.31 bits per heavy atom. The van der Waals surface area contributed by atoms with Crippen molar-refractivity contribution in [2.45, 2.75) is 32.7 Å². The summed E-state index contributed by atoms with van der Waals surface area (Å²) in [7, 11) is 0. The van der Waals surface area contributed by atoms with Gasteiger partial charge in [-0.3, -0.25) is 0 Å². The lowest BCUT2D eigenvalue weighted by atomic mass is 9.87. The summed E-state index contributed by atoms with van der Waals surface area (Å²) >= 11 is 0. The van der Waals surface area contributed by atoms with Crippen molar-refractivity contribution in [2.24, 2.45) is 17.0 Å². The summed E-state index contributed by atoms with van der Waals surface area (Å²) in [6, 6.07) is 0.0687. The molecule has 2 aliphatic carbocycles. The summed E-state index contributed by atoms with van der Waals surface area (Å²) in [5.41, 5.74) is 11.3. The SMILES string of the molecule is CC1C=CC2=C(C=CC2CC(C)N=[N+]=[N-])C1. The molecule has 0 bridgehead atoms. The van der Waals surface area contributed by atoms with Gasteiger partial charge in [0.05, 0.1) is 0 Å². The number of hydrogen-bond donors (Lipinski definition) is 0. The second-order valence-electron chi connectivity index (χ2n) is 4.78. The molecule has 3 nitrogen and oxygen atoms in total. The van der Waals surface area contributed by atoms with Gasteiger partial charge in [-0.1, -0.05) is 43.3 Å². The summed E-state index contributed by atoms with van der Waals surface area (Å²) in [4.78, 5) is 2.86. The van der Waals surface area contributed by atoms with Gasteiger partial charge < -0.3 is 0 Å². The van der Waals surface area contributed by atoms with Crippen LogP contribution < -0.4 is 0 Å². The van der Waals surface area contributed by atoms with Crippen LogP contribution in [0.3, 0.4) is 0 Å². The molecule has 0 heterocycles. The highest BCUT2D eigenvalue weighted by atomic mass is 15.1. The summed E-state index contributed by atoms with van der Waals surface area (Å²) in [6.45, 7) is 4.21. The third kappa shape index (κ3) is 2.20. The van der Waals surface area contributed by atoms with E-state index in [9.17, 15) is 0 Å². The molecule has 3 atom stereocenters. The molecular formula is C13H17N3. The van der Waals surface area contributed by atoms with Crippen LogP contribution in [0, 0.1) is 11.8 Å². The molecule has 2 rings (SSSR count). The van der Waals surface area contributed by atoms with E-state index in [1.165, 1.54) is 11.1 Å². The maximum atomic E-state index is 8.39. The number of hydrogen-bond acceptors (Lipinski definition) is 1. The van der Waals surface area contributed by atoms with E-state index in [1.54, 1.807) is 0 Å². The van der Waals surface area contributed by atoms with E-state index in [-0.39, 0.29) is 6.04 Å². The maximum Gasteiger partial charge on any atom is 0.0354 e. The van der Waals surface area contributed by atoms with E-state index in [0.29, 0.717) is 11.8 Å². The predicted octanol–water partition coefficient (Wildman–Crippen LogP) is 4.15. The van der Waals surface area contributed by atoms with Crippen molar-refractivity contribution >= 4 is 0 Å². The van der Waals surface area contributed by atoms with Gasteiger partial charge in [-0.15, -0.1) is 0 Å². The largest absolute Gasteiger partial charge is 0.0909 e. The van der Waals surface area contributed by atoms with Crippen molar-refractivity contribution in [1.29, 1.82) is 0 Å². The van der Waals surface area contributed by atoms with E-state index in [2.05, 4.69) is 41.3 Å². The average Bonchev–Trinajstić information content (AvgIpc) is 2.61. The van der Waals surface area contributed by atoms with E-state index >= 15 is 0 Å². The molecule has 3 heteroatoms. The number of nitrogens with zero attached hydrogens (tertiary/aromatic N) is 3. The van der Waals surface area contributed by atoms with Crippen LogP contribution in [0.15, 0.2) is 40.6 Å². The first kappa shape index (κ1) is 11.0. The molecule has 0 fully saturated rings. The predicted molar refractivity (Wildman–Crippen MR) is 65.8 cm³/mol. The summed E-state index contributed by atoms with van der Waals surface area (Å²) in [5.74, 6) is 1.09. The van der Waals surface area contributed by atoms with Crippen LogP contribution in [0.4, 0.5) is 0 Å². The highest BCUT2D eigenvalue weighted by molar-refractivity contribution is 5.45. The molecule has 16 heavy (non-hydrogen) atoms. The molecule has 0 aromatic carbocycles. The average molecular weight is 215 g/mol. The molecule has 0 aliphatic heterocycles. The Hall–Kier alpha value is -1.47. The molecule has 0 aromatic rings. The molecular weight excluding hydrogens is 198 g/mol. The number of rotatable bonds is 3. The van der Waals surface area contributed by atoms with Crippen molar-refractivity contribution in [2.75, 3.05) is 0 Å². The van der Waals surface area contributed by atoms with Gasteiger partial charge in [-0.05, 0) is 35.4 Å². The fourth-order valence-corrected chi connectivity index (χ4v) is 2.48. The first-order chi connectivity index (χ1) is 7.70. The van der Waals surface area contributed by atoms with Crippen LogP contribution >= 0.6 is 0 Å². The summed E-state index contributed by atoms with van der Waals surface area (Å²) < 4.78 is 0. The molecule has 84 valence electrons. The van der Waals surface area contributed by atoms with Crippen LogP contribution in [-0.4, -0.2) is 6.04 Å². The minimum absolute atomic E-state index is 0.0687. The van der Waals surface area contributed by atoms with Crippen molar-refractivity contribution in [3.8, 4) is 0 Å². The van der Waals surface area contributed by atoms with Crippen LogP contribution in [0.1, 0.15) is 26.7 Å². The number of azide groups is 1. The first-order valence-corrected chi connectivity index (χ1v) is 5.84. The van der Waals surface area contributed by atoms with Crippen LogP contribution in [0.25, 0.3) is 10.4 Å². The maximum absolute atomic E-state index is 8.39. The zero-order chi connectivity index (χ0) is 11.5. The van der Waals surface area contributed by atoms with Gasteiger partial charge in [0.1, 0.15) is 0 Å². The lowest BCUT2D eigenvalue weighted by molar-refractivity contribution is 0.582. The Kier molecular flexibility index (Phi) is 3.16. The Bertz CT molecular complexity index is 411. The van der Waals surface area contributed by atoms with Crippen molar-refractivity contribution < 1.29 is 0 Å². The van der Waals surface area contributed by atoms with Crippen LogP contribution in [0.5, 0.6) is 0 Å². The molecule has 0 spiro atoms. The van der Waals surface area contributed by atoms with Crippen LogP contribution in [-0.2, 0) is 0 Å². The lowest BCUT2D eigenvalue weighted by Crippen LogP contribution is -2.09. The standard InChI is InChI=1S/C13H17N3/c1-9-3-6-13-11(7-9)4-5-12(13)8-10(2)15-16-14/h3-6,9-10,12H,7-8H2,1-2H3. The van der Waals surface area contributed by atoms with Gasteiger partial charge in [0.15, 0.2) is 0 Å². The topological polar surface area (TPSA) is 48.8 Å². The minimum atomic E-state index is 0.0687. The molecule has 0 saturated heterocycles. The van der Waals surface area contributed by atoms with Gasteiger partial charge in [0.25, 0.3) is 0 Å². The fourth-order valence-electron chi connectivity index (χ4n) is 2.48. The minimum Gasteiger partial charge on any atom is -0.0909 e. The zero-order valence-corrected chi connectivity index (χ0v) is 9.80. The Morgan fingerprint density at radius 3 is 3.06 bits per heavy atom. The summed E-state index contributed by atoms with van der Waals surface area (Å²) in [6.07, 6.45) is 11.1. The molecule has 0 N–H and O–H groups in total. The molecule has 0 saturated carbocycles. The van der Waals surface area contributed by atoms with Crippen molar-refractivity contribution in [1.82, 2.24) is 0 Å². The number of allylic oxidation sites excluding steroid dienone is 6. The third-order valence-corrected chi connectivity index (χ3v) is 3.29. The molecule has 0 aromatic heterocycles. The van der Waals surface area contributed by atoms with E-state index in [1.807, 2.05) is 6.92 Å². The molecule has 3 unspecified atom stereocenters. The highest BCUT2D eigenvalue weighted by Crippen LogP contribution is 2.36. The molecule has 0 amide bonds. The van der Waals surface area contributed by atoms with Gasteiger partial charge in [0, 0.05) is 16.9 Å². The first-order valence-electron chi connectivity index (χ1n) is 5.84. The van der Waals surface area contributed by atoms with Gasteiger partial charge in [-0.2, -0.15) is 0 Å². The van der Waals surface area contributed by atoms with E-state index < -0.39 is 0 Å². The lowest BCUT2D eigenvalue weighted by Gasteiger charge is -2.19. The monoisotopic (exact) mass is 215 g/mol. The zero-order valence-electron chi connectivity index (χ0n) is 9.80. The normalized spacial score (nSPS) is 28.9. The van der Waals surface area contributed by atoms with Crippen molar-refractivity contribution in [3.63, 3.8) is 0 Å². The Labute approximate surface area is 96.2 Å². The summed E-state index contributed by atoms with van der Waals surface area (Å²) in [5, 5.41) is 3.74. The molecule has 2 aliphatic rings. The van der Waals surface area contributed by atoms with E-state index in [4.69, 9.17) is 5.53 Å². The van der Waals surface area contributed by atoms with Gasteiger partial charge in [-0.25, -0.2) is 0 Å². The fraction of sp³-hybridized carbons (Fsp3) is 0.538.